The van der Waals surface area contributed by atoms with E-state index in [4.69, 9.17) is 11.6 Å². The first-order valence-corrected chi connectivity index (χ1v) is 11.0. The number of rotatable bonds is 5. The molecule has 1 atom stereocenters. The average molecular weight is 434 g/mol. The molecule has 0 amide bonds. The van der Waals surface area contributed by atoms with Crippen LogP contribution < -0.4 is 0 Å². The van der Waals surface area contributed by atoms with E-state index in [0.29, 0.717) is 23.7 Å². The molecule has 3 aromatic rings. The van der Waals surface area contributed by atoms with E-state index >= 15 is 0 Å². The number of benzene rings is 2. The van der Waals surface area contributed by atoms with E-state index < -0.39 is 22.0 Å². The lowest BCUT2D eigenvalue weighted by atomic mass is 10.0. The summed E-state index contributed by atoms with van der Waals surface area (Å²) in [6.07, 6.45) is 1.69. The lowest BCUT2D eigenvalue weighted by molar-refractivity contribution is -0.144. The van der Waals surface area contributed by atoms with Crippen molar-refractivity contribution in [2.75, 3.05) is 26.2 Å². The molecule has 7 nitrogen and oxygen atoms in total. The lowest BCUT2D eigenvalue weighted by Crippen LogP contribution is -2.50. The van der Waals surface area contributed by atoms with Gasteiger partial charge in [-0.15, -0.1) is 0 Å². The summed E-state index contributed by atoms with van der Waals surface area (Å²) in [5.41, 5.74) is 1.41. The van der Waals surface area contributed by atoms with Crippen molar-refractivity contribution in [1.82, 2.24) is 14.2 Å². The molecule has 152 valence electrons. The van der Waals surface area contributed by atoms with E-state index in [1.165, 1.54) is 4.31 Å². The molecule has 0 bridgehead atoms. The monoisotopic (exact) mass is 433 g/mol. The molecule has 9 heteroatoms. The second kappa shape index (κ2) is 7.79. The lowest BCUT2D eigenvalue weighted by Gasteiger charge is -2.37. The minimum atomic E-state index is -3.59. The molecule has 2 heterocycles. The summed E-state index contributed by atoms with van der Waals surface area (Å²) in [4.78, 5) is 17.2. The number of sulfonamides is 1. The van der Waals surface area contributed by atoms with Crippen LogP contribution in [-0.2, 0) is 14.8 Å². The van der Waals surface area contributed by atoms with Crippen molar-refractivity contribution < 1.29 is 18.3 Å². The molecular formula is C20H20ClN3O4S. The molecule has 0 radical (unpaired) electrons. The Morgan fingerprint density at radius 3 is 2.41 bits per heavy atom. The highest BCUT2D eigenvalue weighted by Gasteiger charge is 2.35. The third-order valence-corrected chi connectivity index (χ3v) is 7.37. The van der Waals surface area contributed by atoms with Gasteiger partial charge in [-0.2, -0.15) is 4.31 Å². The Kier molecular flexibility index (Phi) is 5.35. The zero-order chi connectivity index (χ0) is 20.6. The van der Waals surface area contributed by atoms with Crippen molar-refractivity contribution in [2.24, 2.45) is 0 Å². The molecule has 29 heavy (non-hydrogen) atoms. The molecule has 2 N–H and O–H groups in total. The summed E-state index contributed by atoms with van der Waals surface area (Å²) in [7, 11) is -3.59. The van der Waals surface area contributed by atoms with Crippen LogP contribution in [0.5, 0.6) is 0 Å². The Bertz CT molecular complexity index is 1140. The van der Waals surface area contributed by atoms with Gasteiger partial charge in [0.1, 0.15) is 6.04 Å². The Balaban J connectivity index is 1.56. The van der Waals surface area contributed by atoms with Crippen LogP contribution in [0.3, 0.4) is 0 Å². The summed E-state index contributed by atoms with van der Waals surface area (Å²) in [6, 6.07) is 12.7. The molecule has 1 saturated heterocycles. The van der Waals surface area contributed by atoms with E-state index in [9.17, 15) is 18.3 Å². The van der Waals surface area contributed by atoms with Crippen molar-refractivity contribution in [3.8, 4) is 0 Å². The molecule has 1 aromatic heterocycles. The van der Waals surface area contributed by atoms with E-state index in [1.54, 1.807) is 59.6 Å². The fourth-order valence-electron chi connectivity index (χ4n) is 3.78. The van der Waals surface area contributed by atoms with Crippen molar-refractivity contribution in [3.05, 3.63) is 65.3 Å². The molecule has 1 fully saturated rings. The highest BCUT2D eigenvalue weighted by molar-refractivity contribution is 7.89. The van der Waals surface area contributed by atoms with Crippen LogP contribution in [0, 0.1) is 0 Å². The molecule has 2 aromatic carbocycles. The summed E-state index contributed by atoms with van der Waals surface area (Å²) in [6.45, 7) is 1.11. The fraction of sp³-hybridized carbons (Fsp3) is 0.250. The SMILES string of the molecule is O=C(O)C(c1c[nH]c2cc(Cl)ccc12)N1CCN(S(=O)(=O)c2ccccc2)CC1. The molecule has 1 aliphatic heterocycles. The van der Waals surface area contributed by atoms with Crippen LogP contribution in [-0.4, -0.2) is 59.9 Å². The third-order valence-electron chi connectivity index (χ3n) is 5.22. The maximum Gasteiger partial charge on any atom is 0.325 e. The van der Waals surface area contributed by atoms with Gasteiger partial charge >= 0.3 is 5.97 Å². The number of carboxylic acid groups (broad SMARTS) is 1. The fourth-order valence-corrected chi connectivity index (χ4v) is 5.39. The average Bonchev–Trinajstić information content (AvgIpc) is 3.11. The number of halogens is 1. The number of aromatic amines is 1. The molecule has 0 saturated carbocycles. The quantitative estimate of drug-likeness (QED) is 0.645. The number of piperazine rings is 1. The first-order valence-electron chi connectivity index (χ1n) is 9.16. The zero-order valence-electron chi connectivity index (χ0n) is 15.5. The number of nitrogens with zero attached hydrogens (tertiary/aromatic N) is 2. The largest absolute Gasteiger partial charge is 0.480 e. The van der Waals surface area contributed by atoms with Gasteiger partial charge in [0.25, 0.3) is 0 Å². The van der Waals surface area contributed by atoms with Crippen LogP contribution in [0.4, 0.5) is 0 Å². The van der Waals surface area contributed by atoms with Gasteiger partial charge < -0.3 is 10.1 Å². The van der Waals surface area contributed by atoms with Crippen LogP contribution in [0.1, 0.15) is 11.6 Å². The predicted octanol–water partition coefficient (Wildman–Crippen LogP) is 2.95. The first-order chi connectivity index (χ1) is 13.9. The van der Waals surface area contributed by atoms with E-state index in [0.717, 1.165) is 10.9 Å². The molecule has 4 rings (SSSR count). The standard InChI is InChI=1S/C20H20ClN3O4S/c21-14-6-7-16-17(13-22-18(16)12-14)19(20(25)26)23-8-10-24(11-9-23)29(27,28)15-4-2-1-3-5-15/h1-7,12-13,19,22H,8-11H2,(H,25,26). The van der Waals surface area contributed by atoms with Crippen LogP contribution in [0.15, 0.2) is 59.6 Å². The smallest absolute Gasteiger partial charge is 0.325 e. The first kappa shape index (κ1) is 19.9. The van der Waals surface area contributed by atoms with Gasteiger partial charge in [-0.1, -0.05) is 35.9 Å². The van der Waals surface area contributed by atoms with Crippen molar-refractivity contribution >= 4 is 38.5 Å². The zero-order valence-corrected chi connectivity index (χ0v) is 17.0. The molecule has 1 unspecified atom stereocenters. The molecule has 0 aliphatic carbocycles. The minimum Gasteiger partial charge on any atom is -0.480 e. The maximum atomic E-state index is 12.8. The predicted molar refractivity (Wildman–Crippen MR) is 110 cm³/mol. The number of carboxylic acids is 1. The Morgan fingerprint density at radius 2 is 1.76 bits per heavy atom. The van der Waals surface area contributed by atoms with E-state index in [1.807, 2.05) is 0 Å². The molecule has 0 spiro atoms. The molecular weight excluding hydrogens is 414 g/mol. The third kappa shape index (κ3) is 3.76. The van der Waals surface area contributed by atoms with Gasteiger partial charge in [0.15, 0.2) is 0 Å². The van der Waals surface area contributed by atoms with Crippen molar-refractivity contribution in [1.29, 1.82) is 0 Å². The Hall–Kier alpha value is -2.39. The number of aromatic nitrogens is 1. The van der Waals surface area contributed by atoms with Crippen LogP contribution in [0.2, 0.25) is 5.02 Å². The van der Waals surface area contributed by atoms with Gasteiger partial charge in [0.05, 0.1) is 4.90 Å². The minimum absolute atomic E-state index is 0.231. The highest BCUT2D eigenvalue weighted by Crippen LogP contribution is 2.31. The number of hydrogen-bond acceptors (Lipinski definition) is 4. The van der Waals surface area contributed by atoms with Gasteiger partial charge in [0.2, 0.25) is 10.0 Å². The summed E-state index contributed by atoms with van der Waals surface area (Å²) < 4.78 is 27.0. The number of hydrogen-bond donors (Lipinski definition) is 2. The van der Waals surface area contributed by atoms with Gasteiger partial charge in [-0.25, -0.2) is 8.42 Å². The molecule has 1 aliphatic rings. The van der Waals surface area contributed by atoms with Crippen molar-refractivity contribution in [2.45, 2.75) is 10.9 Å². The topological polar surface area (TPSA) is 93.7 Å². The number of aliphatic carboxylic acids is 1. The van der Waals surface area contributed by atoms with Gasteiger partial charge in [-0.05, 0) is 24.3 Å². The maximum absolute atomic E-state index is 12.8. The van der Waals surface area contributed by atoms with Crippen LogP contribution >= 0.6 is 11.6 Å². The number of nitrogens with one attached hydrogen (secondary N) is 1. The highest BCUT2D eigenvalue weighted by atomic mass is 35.5. The summed E-state index contributed by atoms with van der Waals surface area (Å²) in [5, 5.41) is 11.3. The second-order valence-electron chi connectivity index (χ2n) is 6.93. The number of fused-ring (bicyclic) bond motifs is 1. The Labute approximate surface area is 173 Å². The van der Waals surface area contributed by atoms with Gasteiger partial charge in [0, 0.05) is 53.9 Å². The Morgan fingerprint density at radius 1 is 1.07 bits per heavy atom. The van der Waals surface area contributed by atoms with E-state index in [2.05, 4.69) is 4.98 Å². The number of H-pyrrole nitrogens is 1. The second-order valence-corrected chi connectivity index (χ2v) is 9.30. The summed E-state index contributed by atoms with van der Waals surface area (Å²) >= 11 is 6.02. The van der Waals surface area contributed by atoms with Gasteiger partial charge in [-0.3, -0.25) is 9.69 Å². The van der Waals surface area contributed by atoms with E-state index in [-0.39, 0.29) is 18.0 Å². The summed E-state index contributed by atoms with van der Waals surface area (Å²) in [5.74, 6) is -0.972. The van der Waals surface area contributed by atoms with Crippen molar-refractivity contribution in [3.63, 3.8) is 0 Å². The normalized spacial score (nSPS) is 17.4. The van der Waals surface area contributed by atoms with Crippen LogP contribution in [0.25, 0.3) is 10.9 Å². The number of carbonyl (C=O) groups is 1.